The minimum Gasteiger partial charge on any atom is -0.355 e. The first-order chi connectivity index (χ1) is 6.31. The van der Waals surface area contributed by atoms with Gasteiger partial charge in [-0.3, -0.25) is 4.79 Å². The van der Waals surface area contributed by atoms with E-state index in [-0.39, 0.29) is 17.2 Å². The molecule has 84 valence electrons. The second-order valence-corrected chi connectivity index (χ2v) is 5.23. The van der Waals surface area contributed by atoms with Gasteiger partial charge in [0.1, 0.15) is 0 Å². The van der Waals surface area contributed by atoms with Crippen LogP contribution in [-0.2, 0) is 4.79 Å². The fourth-order valence-corrected chi connectivity index (χ4v) is 0.903. The zero-order valence-corrected chi connectivity index (χ0v) is 10.6. The summed E-state index contributed by atoms with van der Waals surface area (Å²) in [5.41, 5.74) is 0.141. The average Bonchev–Trinajstić information content (AvgIpc) is 2.12. The van der Waals surface area contributed by atoms with Gasteiger partial charge in [0.25, 0.3) is 0 Å². The van der Waals surface area contributed by atoms with Gasteiger partial charge in [-0.2, -0.15) is 0 Å². The highest BCUT2D eigenvalue weighted by molar-refractivity contribution is 6.19. The van der Waals surface area contributed by atoms with Crippen molar-refractivity contribution < 1.29 is 4.79 Å². The molecular formula is C11H22ClNO. The summed E-state index contributed by atoms with van der Waals surface area (Å²) < 4.78 is 0. The van der Waals surface area contributed by atoms with Crippen LogP contribution in [0.25, 0.3) is 0 Å². The van der Waals surface area contributed by atoms with Crippen molar-refractivity contribution in [2.45, 2.75) is 34.6 Å². The quantitative estimate of drug-likeness (QED) is 0.708. The first-order valence-electron chi connectivity index (χ1n) is 5.15. The molecule has 0 bridgehead atoms. The van der Waals surface area contributed by atoms with Crippen LogP contribution in [0, 0.1) is 17.3 Å². The molecular weight excluding hydrogens is 198 g/mol. The molecule has 0 saturated carbocycles. The van der Waals surface area contributed by atoms with Crippen molar-refractivity contribution in [3.63, 3.8) is 0 Å². The number of amides is 1. The van der Waals surface area contributed by atoms with E-state index in [1.54, 1.807) is 0 Å². The predicted molar refractivity (Wildman–Crippen MR) is 61.5 cm³/mol. The number of alkyl halides is 1. The zero-order chi connectivity index (χ0) is 11.4. The summed E-state index contributed by atoms with van der Waals surface area (Å²) in [6.07, 6.45) is 0. The topological polar surface area (TPSA) is 29.1 Å². The van der Waals surface area contributed by atoms with Crippen LogP contribution in [0.2, 0.25) is 0 Å². The largest absolute Gasteiger partial charge is 0.355 e. The van der Waals surface area contributed by atoms with Crippen LogP contribution in [0.3, 0.4) is 0 Å². The zero-order valence-electron chi connectivity index (χ0n) is 9.86. The van der Waals surface area contributed by atoms with Gasteiger partial charge in [-0.25, -0.2) is 0 Å². The van der Waals surface area contributed by atoms with Crippen molar-refractivity contribution in [1.29, 1.82) is 0 Å². The fourth-order valence-electron chi connectivity index (χ4n) is 0.763. The fraction of sp³-hybridized carbons (Fsp3) is 0.909. The van der Waals surface area contributed by atoms with Crippen molar-refractivity contribution in [3.8, 4) is 0 Å². The van der Waals surface area contributed by atoms with Gasteiger partial charge in [0, 0.05) is 18.3 Å². The normalized spacial score (nSPS) is 14.2. The van der Waals surface area contributed by atoms with Crippen molar-refractivity contribution in [2.75, 3.05) is 12.4 Å². The molecule has 0 spiro atoms. The lowest BCUT2D eigenvalue weighted by Gasteiger charge is -2.29. The molecule has 0 radical (unpaired) electrons. The number of halogens is 1. The molecule has 3 heteroatoms. The van der Waals surface area contributed by atoms with Crippen molar-refractivity contribution in [2.24, 2.45) is 17.3 Å². The summed E-state index contributed by atoms with van der Waals surface area (Å²) in [7, 11) is 0. The SMILES string of the molecule is CC(CCl)C(=O)NCC(C)(C)C(C)C. The van der Waals surface area contributed by atoms with E-state index in [0.29, 0.717) is 18.3 Å². The van der Waals surface area contributed by atoms with Gasteiger partial charge in [-0.05, 0) is 11.3 Å². The monoisotopic (exact) mass is 219 g/mol. The Morgan fingerprint density at radius 1 is 1.36 bits per heavy atom. The molecule has 1 amide bonds. The van der Waals surface area contributed by atoms with Gasteiger partial charge in [0.05, 0.1) is 0 Å². The molecule has 2 nitrogen and oxygen atoms in total. The maximum absolute atomic E-state index is 11.4. The van der Waals surface area contributed by atoms with E-state index in [4.69, 9.17) is 11.6 Å². The Kier molecular flexibility index (Phi) is 5.50. The molecule has 0 aromatic carbocycles. The van der Waals surface area contributed by atoms with Gasteiger partial charge >= 0.3 is 0 Å². The van der Waals surface area contributed by atoms with E-state index in [1.807, 2.05) is 6.92 Å². The molecule has 0 heterocycles. The summed E-state index contributed by atoms with van der Waals surface area (Å²) in [5.74, 6) is 0.885. The van der Waals surface area contributed by atoms with Crippen LogP contribution in [0.5, 0.6) is 0 Å². The van der Waals surface area contributed by atoms with Crippen LogP contribution >= 0.6 is 11.6 Å². The molecule has 0 rings (SSSR count). The van der Waals surface area contributed by atoms with Crippen LogP contribution in [-0.4, -0.2) is 18.3 Å². The van der Waals surface area contributed by atoms with Gasteiger partial charge in [-0.1, -0.05) is 34.6 Å². The molecule has 14 heavy (non-hydrogen) atoms. The molecule has 1 atom stereocenters. The summed E-state index contributed by atoms with van der Waals surface area (Å²) in [4.78, 5) is 11.4. The second kappa shape index (κ2) is 5.59. The highest BCUT2D eigenvalue weighted by atomic mass is 35.5. The van der Waals surface area contributed by atoms with E-state index in [2.05, 4.69) is 33.0 Å². The third kappa shape index (κ3) is 4.32. The number of hydrogen-bond donors (Lipinski definition) is 1. The maximum Gasteiger partial charge on any atom is 0.224 e. The molecule has 0 aliphatic carbocycles. The van der Waals surface area contributed by atoms with E-state index in [0.717, 1.165) is 0 Å². The lowest BCUT2D eigenvalue weighted by molar-refractivity contribution is -0.124. The number of carbonyl (C=O) groups excluding carboxylic acids is 1. The van der Waals surface area contributed by atoms with Gasteiger partial charge in [0.2, 0.25) is 5.91 Å². The van der Waals surface area contributed by atoms with Gasteiger partial charge in [0.15, 0.2) is 0 Å². The van der Waals surface area contributed by atoms with Crippen LogP contribution in [0.1, 0.15) is 34.6 Å². The lowest BCUT2D eigenvalue weighted by Crippen LogP contribution is -2.39. The minimum absolute atomic E-state index is 0.0497. The molecule has 0 aliphatic rings. The Bertz CT molecular complexity index is 190. The van der Waals surface area contributed by atoms with E-state index >= 15 is 0 Å². The number of rotatable bonds is 5. The number of hydrogen-bond acceptors (Lipinski definition) is 1. The molecule has 0 aromatic heterocycles. The Morgan fingerprint density at radius 3 is 2.21 bits per heavy atom. The van der Waals surface area contributed by atoms with Crippen molar-refractivity contribution in [1.82, 2.24) is 5.32 Å². The van der Waals surface area contributed by atoms with Gasteiger partial charge in [-0.15, -0.1) is 11.6 Å². The van der Waals surface area contributed by atoms with E-state index in [9.17, 15) is 4.79 Å². The standard InChI is InChI=1S/C11H22ClNO/c1-8(2)11(4,5)7-13-10(14)9(3)6-12/h8-9H,6-7H2,1-5H3,(H,13,14). The van der Waals surface area contributed by atoms with Gasteiger partial charge < -0.3 is 5.32 Å². The van der Waals surface area contributed by atoms with Crippen LogP contribution in [0.15, 0.2) is 0 Å². The minimum atomic E-state index is -0.0976. The first kappa shape index (κ1) is 13.8. The van der Waals surface area contributed by atoms with Crippen molar-refractivity contribution >= 4 is 17.5 Å². The highest BCUT2D eigenvalue weighted by Gasteiger charge is 2.23. The molecule has 1 N–H and O–H groups in total. The first-order valence-corrected chi connectivity index (χ1v) is 5.68. The highest BCUT2D eigenvalue weighted by Crippen LogP contribution is 2.24. The summed E-state index contributed by atoms with van der Waals surface area (Å²) in [5, 5.41) is 2.93. The molecule has 0 fully saturated rings. The third-order valence-electron chi connectivity index (χ3n) is 2.96. The molecule has 0 saturated heterocycles. The molecule has 1 unspecified atom stereocenters. The Morgan fingerprint density at radius 2 is 1.86 bits per heavy atom. The molecule has 0 aromatic rings. The third-order valence-corrected chi connectivity index (χ3v) is 3.42. The smallest absolute Gasteiger partial charge is 0.224 e. The van der Waals surface area contributed by atoms with Crippen molar-refractivity contribution in [3.05, 3.63) is 0 Å². The van der Waals surface area contributed by atoms with Crippen LogP contribution in [0.4, 0.5) is 0 Å². The average molecular weight is 220 g/mol. The lowest BCUT2D eigenvalue weighted by atomic mass is 9.81. The summed E-state index contributed by atoms with van der Waals surface area (Å²) >= 11 is 5.60. The maximum atomic E-state index is 11.4. The Balaban J connectivity index is 4.00. The molecule has 0 aliphatic heterocycles. The number of carbonyl (C=O) groups is 1. The van der Waals surface area contributed by atoms with Crippen LogP contribution < -0.4 is 5.32 Å². The summed E-state index contributed by atoms with van der Waals surface area (Å²) in [6, 6.07) is 0. The Hall–Kier alpha value is -0.240. The number of nitrogens with one attached hydrogen (secondary N) is 1. The van der Waals surface area contributed by atoms with E-state index in [1.165, 1.54) is 0 Å². The second-order valence-electron chi connectivity index (χ2n) is 4.92. The Labute approximate surface area is 92.4 Å². The predicted octanol–water partition coefficient (Wildman–Crippen LogP) is 2.66. The summed E-state index contributed by atoms with van der Waals surface area (Å²) in [6.45, 7) is 11.2. The van der Waals surface area contributed by atoms with E-state index < -0.39 is 0 Å².